The van der Waals surface area contributed by atoms with Crippen LogP contribution in [0.25, 0.3) is 11.3 Å². The van der Waals surface area contributed by atoms with Gasteiger partial charge in [-0.25, -0.2) is 4.39 Å². The predicted molar refractivity (Wildman–Crippen MR) is 118 cm³/mol. The second kappa shape index (κ2) is 8.63. The van der Waals surface area contributed by atoms with E-state index in [4.69, 9.17) is 0 Å². The molecular weight excluding hydrogens is 451 g/mol. The van der Waals surface area contributed by atoms with Crippen LogP contribution in [0.3, 0.4) is 0 Å². The maximum absolute atomic E-state index is 13.2. The average molecular weight is 466 g/mol. The van der Waals surface area contributed by atoms with Gasteiger partial charge < -0.3 is 5.32 Å². The molecule has 4 aromatic rings. The van der Waals surface area contributed by atoms with E-state index in [1.165, 1.54) is 48.5 Å². The van der Waals surface area contributed by atoms with Crippen molar-refractivity contribution in [3.05, 3.63) is 107 Å². The molecule has 0 fully saturated rings. The average Bonchev–Trinajstić information content (AvgIpc) is 3.28. The third-order valence-electron chi connectivity index (χ3n) is 4.68. The fraction of sp³-hybridized carbons (Fsp3) is 0. The van der Waals surface area contributed by atoms with Crippen LogP contribution < -0.4 is 5.32 Å². The lowest BCUT2D eigenvalue weighted by Gasteiger charge is -2.05. The van der Waals surface area contributed by atoms with Gasteiger partial charge in [0.25, 0.3) is 21.6 Å². The molecule has 0 aliphatic heterocycles. The Morgan fingerprint density at radius 3 is 2.21 bits per heavy atom. The lowest BCUT2D eigenvalue weighted by atomic mass is 10.1. The quantitative estimate of drug-likeness (QED) is 0.337. The van der Waals surface area contributed by atoms with Crippen molar-refractivity contribution < 1.29 is 22.5 Å². The van der Waals surface area contributed by atoms with Gasteiger partial charge in [0.15, 0.2) is 0 Å². The first-order valence-electron chi connectivity index (χ1n) is 9.48. The summed E-state index contributed by atoms with van der Waals surface area (Å²) < 4.78 is 39.9. The summed E-state index contributed by atoms with van der Waals surface area (Å²) in [5.74, 6) is -1.18. The number of rotatable bonds is 6. The van der Waals surface area contributed by atoms with Crippen molar-refractivity contribution in [2.75, 3.05) is 5.32 Å². The van der Waals surface area contributed by atoms with Crippen LogP contribution in [-0.4, -0.2) is 28.4 Å². The number of benzene rings is 3. The van der Waals surface area contributed by atoms with E-state index in [1.54, 1.807) is 18.2 Å². The summed E-state index contributed by atoms with van der Waals surface area (Å²) in [4.78, 5) is 23.3. The molecule has 11 heteroatoms. The number of nitrogens with zero attached hydrogens (tertiary/aromatic N) is 3. The van der Waals surface area contributed by atoms with Gasteiger partial charge in [0, 0.05) is 23.4 Å². The molecule has 1 aromatic heterocycles. The molecule has 0 saturated heterocycles. The van der Waals surface area contributed by atoms with Gasteiger partial charge in [-0.1, -0.05) is 18.2 Å². The van der Waals surface area contributed by atoms with E-state index in [0.29, 0.717) is 9.65 Å². The largest absolute Gasteiger partial charge is 0.322 e. The lowest BCUT2D eigenvalue weighted by molar-refractivity contribution is -0.384. The van der Waals surface area contributed by atoms with E-state index in [2.05, 4.69) is 10.4 Å². The Hall–Kier alpha value is -4.38. The maximum Gasteiger partial charge on any atom is 0.282 e. The summed E-state index contributed by atoms with van der Waals surface area (Å²) in [6, 6.07) is 17.8. The molecule has 33 heavy (non-hydrogen) atoms. The molecule has 1 amide bonds. The molecule has 0 saturated carbocycles. The summed E-state index contributed by atoms with van der Waals surface area (Å²) in [6.45, 7) is 0. The Labute approximate surface area is 187 Å². The van der Waals surface area contributed by atoms with Gasteiger partial charge in [-0.2, -0.15) is 17.6 Å². The van der Waals surface area contributed by atoms with E-state index in [9.17, 15) is 27.7 Å². The number of hydrogen-bond acceptors (Lipinski definition) is 6. The molecule has 0 aliphatic rings. The van der Waals surface area contributed by atoms with Crippen LogP contribution in [0.2, 0.25) is 0 Å². The molecule has 1 heterocycles. The molecular formula is C22H15FN4O5S. The highest BCUT2D eigenvalue weighted by atomic mass is 32.2. The zero-order valence-corrected chi connectivity index (χ0v) is 17.6. The van der Waals surface area contributed by atoms with Crippen molar-refractivity contribution in [3.8, 4) is 11.3 Å². The zero-order valence-electron chi connectivity index (χ0n) is 16.8. The highest BCUT2D eigenvalue weighted by molar-refractivity contribution is 7.89. The Kier molecular flexibility index (Phi) is 5.71. The highest BCUT2D eigenvalue weighted by Gasteiger charge is 2.25. The Bertz CT molecular complexity index is 1430. The molecule has 0 unspecified atom stereocenters. The van der Waals surface area contributed by atoms with Crippen LogP contribution in [-0.2, 0) is 10.0 Å². The monoisotopic (exact) mass is 466 g/mol. The van der Waals surface area contributed by atoms with Gasteiger partial charge in [-0.3, -0.25) is 14.9 Å². The van der Waals surface area contributed by atoms with Crippen LogP contribution in [0.1, 0.15) is 10.4 Å². The Morgan fingerprint density at radius 2 is 1.61 bits per heavy atom. The summed E-state index contributed by atoms with van der Waals surface area (Å²) in [6.07, 6.45) is 1.07. The molecule has 0 bridgehead atoms. The van der Waals surface area contributed by atoms with Crippen molar-refractivity contribution in [1.82, 2.24) is 9.19 Å². The molecule has 4 rings (SSSR count). The number of anilines is 1. The van der Waals surface area contributed by atoms with Crippen LogP contribution in [0.15, 0.2) is 90.0 Å². The molecule has 166 valence electrons. The standard InChI is InChI=1S/C22H15FN4O5S/c23-16-8-10-17(11-9-16)24-22(28)20-14-26(33(31,32)19-4-2-1-3-5-19)25-21(20)15-6-12-18(13-7-15)27(29)30/h1-14H,(H,24,28). The number of amides is 1. The second-order valence-electron chi connectivity index (χ2n) is 6.85. The number of aromatic nitrogens is 2. The van der Waals surface area contributed by atoms with Crippen LogP contribution in [0.5, 0.6) is 0 Å². The summed E-state index contributed by atoms with van der Waals surface area (Å²) in [5, 5.41) is 17.6. The molecule has 0 spiro atoms. The number of carbonyl (C=O) groups is 1. The first-order valence-corrected chi connectivity index (χ1v) is 10.9. The summed E-state index contributed by atoms with van der Waals surface area (Å²) in [7, 11) is -4.11. The van der Waals surface area contributed by atoms with Gasteiger partial charge in [-0.05, 0) is 48.5 Å². The molecule has 1 N–H and O–H groups in total. The van der Waals surface area contributed by atoms with Crippen molar-refractivity contribution in [2.45, 2.75) is 4.90 Å². The van der Waals surface area contributed by atoms with E-state index < -0.39 is 26.7 Å². The van der Waals surface area contributed by atoms with Gasteiger partial charge in [-0.15, -0.1) is 0 Å². The smallest absolute Gasteiger partial charge is 0.282 e. The minimum Gasteiger partial charge on any atom is -0.322 e. The van der Waals surface area contributed by atoms with E-state index in [-0.39, 0.29) is 27.5 Å². The second-order valence-corrected chi connectivity index (χ2v) is 8.64. The third kappa shape index (κ3) is 4.48. The number of nitro benzene ring substituents is 1. The Morgan fingerprint density at radius 1 is 0.970 bits per heavy atom. The number of nitrogens with one attached hydrogen (secondary N) is 1. The molecule has 0 radical (unpaired) electrons. The predicted octanol–water partition coefficient (Wildman–Crippen LogP) is 4.09. The normalized spacial score (nSPS) is 11.2. The number of hydrogen-bond donors (Lipinski definition) is 1. The molecule has 3 aromatic carbocycles. The number of non-ortho nitro benzene ring substituents is 1. The topological polar surface area (TPSA) is 124 Å². The van der Waals surface area contributed by atoms with Gasteiger partial charge in [0.05, 0.1) is 21.6 Å². The van der Waals surface area contributed by atoms with Gasteiger partial charge in [0.1, 0.15) is 11.5 Å². The fourth-order valence-electron chi connectivity index (χ4n) is 3.03. The number of nitro groups is 1. The van der Waals surface area contributed by atoms with Crippen molar-refractivity contribution in [1.29, 1.82) is 0 Å². The summed E-state index contributed by atoms with van der Waals surface area (Å²) in [5.41, 5.74) is 0.325. The molecule has 0 atom stereocenters. The van der Waals surface area contributed by atoms with Crippen molar-refractivity contribution >= 4 is 27.3 Å². The molecule has 9 nitrogen and oxygen atoms in total. The fourth-order valence-corrected chi connectivity index (χ4v) is 4.18. The first-order chi connectivity index (χ1) is 15.8. The van der Waals surface area contributed by atoms with E-state index in [0.717, 1.165) is 18.3 Å². The highest BCUT2D eigenvalue weighted by Crippen LogP contribution is 2.27. The maximum atomic E-state index is 13.2. The SMILES string of the molecule is O=C(Nc1ccc(F)cc1)c1cn(S(=O)(=O)c2ccccc2)nc1-c1ccc([N+](=O)[O-])cc1. The number of carbonyl (C=O) groups excluding carboxylic acids is 1. The van der Waals surface area contributed by atoms with Crippen LogP contribution in [0.4, 0.5) is 15.8 Å². The summed E-state index contributed by atoms with van der Waals surface area (Å²) >= 11 is 0. The number of halogens is 1. The van der Waals surface area contributed by atoms with Crippen molar-refractivity contribution in [2.24, 2.45) is 0 Å². The minimum atomic E-state index is -4.11. The van der Waals surface area contributed by atoms with Crippen molar-refractivity contribution in [3.63, 3.8) is 0 Å². The third-order valence-corrected chi connectivity index (χ3v) is 6.23. The van der Waals surface area contributed by atoms with Crippen LogP contribution in [0, 0.1) is 15.9 Å². The van der Waals surface area contributed by atoms with E-state index >= 15 is 0 Å². The minimum absolute atomic E-state index is 0.00372. The zero-order chi connectivity index (χ0) is 23.6. The lowest BCUT2D eigenvalue weighted by Crippen LogP contribution is -2.14. The first kappa shape index (κ1) is 21.8. The molecule has 0 aliphatic carbocycles. The van der Waals surface area contributed by atoms with Gasteiger partial charge >= 0.3 is 0 Å². The van der Waals surface area contributed by atoms with E-state index in [1.807, 2.05) is 0 Å². The van der Waals surface area contributed by atoms with Crippen LogP contribution >= 0.6 is 0 Å². The Balaban J connectivity index is 1.80. The van der Waals surface area contributed by atoms with Gasteiger partial charge in [0.2, 0.25) is 0 Å².